The average Bonchev–Trinajstić information content (AvgIpc) is 3.40. The standard InChI is InChI=1S/C14H16O3.C13H16O2/c1-2-17-14(16)13(9-15)12-8-7-10-5-3-4-6-11(10)12;1-2-15-13(14)9-11-8-7-10-5-3-4-6-12(10)11/h3-6,9,12,15H,2,7-8H2,1H3;3-6,11H,2,7-9H2,1H3/b13-9+;. The monoisotopic (exact) mass is 436 g/mol. The van der Waals surface area contributed by atoms with E-state index >= 15 is 0 Å². The van der Waals surface area contributed by atoms with E-state index in [1.165, 1.54) is 16.7 Å². The van der Waals surface area contributed by atoms with Crippen LogP contribution in [0.2, 0.25) is 0 Å². The first-order valence-electron chi connectivity index (χ1n) is 11.4. The molecular formula is C27H32O5. The number of rotatable bonds is 6. The second-order valence-corrected chi connectivity index (χ2v) is 8.04. The lowest BCUT2D eigenvalue weighted by atomic mass is 9.93. The summed E-state index contributed by atoms with van der Waals surface area (Å²) in [5, 5.41) is 9.25. The molecule has 0 fully saturated rings. The molecule has 2 aromatic rings. The summed E-state index contributed by atoms with van der Waals surface area (Å²) >= 11 is 0. The van der Waals surface area contributed by atoms with Gasteiger partial charge in [-0.05, 0) is 67.7 Å². The molecule has 5 heteroatoms. The van der Waals surface area contributed by atoms with Gasteiger partial charge >= 0.3 is 11.9 Å². The van der Waals surface area contributed by atoms with Gasteiger partial charge in [0.05, 0.1) is 31.5 Å². The third-order valence-corrected chi connectivity index (χ3v) is 6.13. The van der Waals surface area contributed by atoms with Crippen molar-refractivity contribution in [1.29, 1.82) is 0 Å². The predicted molar refractivity (Wildman–Crippen MR) is 124 cm³/mol. The minimum absolute atomic E-state index is 0.0322. The summed E-state index contributed by atoms with van der Waals surface area (Å²) in [7, 11) is 0. The highest BCUT2D eigenvalue weighted by Gasteiger charge is 2.30. The Kier molecular flexibility index (Phi) is 8.48. The number of benzene rings is 2. The quantitative estimate of drug-likeness (QED) is 0.373. The second-order valence-electron chi connectivity index (χ2n) is 8.04. The number of aliphatic hydroxyl groups excluding tert-OH is 1. The zero-order valence-corrected chi connectivity index (χ0v) is 18.9. The van der Waals surface area contributed by atoms with Gasteiger partial charge < -0.3 is 14.6 Å². The van der Waals surface area contributed by atoms with E-state index in [0.717, 1.165) is 37.5 Å². The van der Waals surface area contributed by atoms with Crippen molar-refractivity contribution in [2.24, 2.45) is 0 Å². The molecule has 2 aromatic carbocycles. The molecule has 0 amide bonds. The van der Waals surface area contributed by atoms with Crippen molar-refractivity contribution in [2.45, 2.75) is 57.8 Å². The van der Waals surface area contributed by atoms with Crippen LogP contribution in [0.15, 0.2) is 60.4 Å². The molecule has 0 saturated heterocycles. The van der Waals surface area contributed by atoms with E-state index in [9.17, 15) is 14.7 Å². The minimum Gasteiger partial charge on any atom is -0.515 e. The van der Waals surface area contributed by atoms with Crippen LogP contribution in [0.4, 0.5) is 0 Å². The number of ether oxygens (including phenoxy) is 2. The highest BCUT2D eigenvalue weighted by atomic mass is 16.5. The van der Waals surface area contributed by atoms with Crippen molar-refractivity contribution >= 4 is 11.9 Å². The summed E-state index contributed by atoms with van der Waals surface area (Å²) in [6.45, 7) is 4.41. The third kappa shape index (κ3) is 5.58. The maximum atomic E-state index is 11.7. The smallest absolute Gasteiger partial charge is 0.337 e. The molecule has 2 atom stereocenters. The topological polar surface area (TPSA) is 72.8 Å². The van der Waals surface area contributed by atoms with Crippen molar-refractivity contribution in [2.75, 3.05) is 13.2 Å². The molecule has 0 radical (unpaired) electrons. The lowest BCUT2D eigenvalue weighted by Crippen LogP contribution is -2.13. The molecule has 32 heavy (non-hydrogen) atoms. The molecule has 2 unspecified atom stereocenters. The minimum atomic E-state index is -0.420. The van der Waals surface area contributed by atoms with E-state index in [1.807, 2.05) is 31.2 Å². The highest BCUT2D eigenvalue weighted by Crippen LogP contribution is 2.38. The Balaban J connectivity index is 0.000000182. The van der Waals surface area contributed by atoms with Crippen molar-refractivity contribution < 1.29 is 24.2 Å². The van der Waals surface area contributed by atoms with Gasteiger partial charge in [0.1, 0.15) is 0 Å². The Morgan fingerprint density at radius 3 is 2.16 bits per heavy atom. The van der Waals surface area contributed by atoms with Gasteiger partial charge in [0.15, 0.2) is 0 Å². The number of carbonyl (C=O) groups excluding carboxylic acids is 2. The summed E-state index contributed by atoms with van der Waals surface area (Å²) in [6.07, 6.45) is 5.40. The van der Waals surface area contributed by atoms with Gasteiger partial charge in [-0.25, -0.2) is 4.79 Å². The molecule has 0 saturated carbocycles. The van der Waals surface area contributed by atoms with Crippen LogP contribution in [0.3, 0.4) is 0 Å². The van der Waals surface area contributed by atoms with Crippen LogP contribution in [0, 0.1) is 0 Å². The average molecular weight is 437 g/mol. The number of fused-ring (bicyclic) bond motifs is 2. The fraction of sp³-hybridized carbons (Fsp3) is 0.407. The van der Waals surface area contributed by atoms with Crippen LogP contribution in [0.25, 0.3) is 0 Å². The molecule has 4 rings (SSSR count). The van der Waals surface area contributed by atoms with Crippen LogP contribution >= 0.6 is 0 Å². The first-order chi connectivity index (χ1) is 15.6. The summed E-state index contributed by atoms with van der Waals surface area (Å²) in [5.74, 6) is -0.147. The first kappa shape index (κ1) is 23.6. The van der Waals surface area contributed by atoms with Gasteiger partial charge in [0, 0.05) is 5.92 Å². The molecule has 5 nitrogen and oxygen atoms in total. The molecule has 1 N–H and O–H groups in total. The molecule has 0 aromatic heterocycles. The first-order valence-corrected chi connectivity index (χ1v) is 11.4. The Hall–Kier alpha value is -3.08. The largest absolute Gasteiger partial charge is 0.515 e. The maximum absolute atomic E-state index is 11.7. The van der Waals surface area contributed by atoms with E-state index in [1.54, 1.807) is 6.92 Å². The van der Waals surface area contributed by atoms with Gasteiger partial charge in [-0.1, -0.05) is 48.5 Å². The number of hydrogen-bond donors (Lipinski definition) is 1. The zero-order chi connectivity index (χ0) is 22.9. The van der Waals surface area contributed by atoms with Gasteiger partial charge in [0.25, 0.3) is 0 Å². The van der Waals surface area contributed by atoms with Gasteiger partial charge in [-0.15, -0.1) is 0 Å². The van der Waals surface area contributed by atoms with E-state index in [0.29, 0.717) is 31.1 Å². The Labute approximate surface area is 190 Å². The van der Waals surface area contributed by atoms with E-state index in [2.05, 4.69) is 24.3 Å². The van der Waals surface area contributed by atoms with Crippen molar-refractivity contribution in [3.8, 4) is 0 Å². The van der Waals surface area contributed by atoms with Crippen LogP contribution < -0.4 is 0 Å². The molecule has 0 heterocycles. The SMILES string of the molecule is CCOC(=O)/C(=C/O)C1CCc2ccccc21.CCOC(=O)CC1CCc2ccccc21. The summed E-state index contributed by atoms with van der Waals surface area (Å²) in [6, 6.07) is 16.4. The Bertz CT molecular complexity index is 962. The Morgan fingerprint density at radius 1 is 0.906 bits per heavy atom. The fourth-order valence-electron chi connectivity index (χ4n) is 4.66. The molecular weight excluding hydrogens is 404 g/mol. The molecule has 0 aliphatic heterocycles. The van der Waals surface area contributed by atoms with Crippen molar-refractivity contribution in [3.63, 3.8) is 0 Å². The van der Waals surface area contributed by atoms with E-state index in [-0.39, 0.29) is 11.9 Å². The van der Waals surface area contributed by atoms with Gasteiger partial charge in [0.2, 0.25) is 0 Å². The van der Waals surface area contributed by atoms with Gasteiger partial charge in [-0.2, -0.15) is 0 Å². The lowest BCUT2D eigenvalue weighted by molar-refractivity contribution is -0.143. The van der Waals surface area contributed by atoms with Crippen molar-refractivity contribution in [3.05, 3.63) is 82.6 Å². The number of aryl methyl sites for hydroxylation is 2. The van der Waals surface area contributed by atoms with Crippen LogP contribution in [0.1, 0.15) is 67.2 Å². The van der Waals surface area contributed by atoms with Crippen LogP contribution in [-0.2, 0) is 31.9 Å². The second kappa shape index (κ2) is 11.5. The third-order valence-electron chi connectivity index (χ3n) is 6.13. The van der Waals surface area contributed by atoms with Crippen LogP contribution in [0.5, 0.6) is 0 Å². The summed E-state index contributed by atoms with van der Waals surface area (Å²) < 4.78 is 9.94. The summed E-state index contributed by atoms with van der Waals surface area (Å²) in [5.41, 5.74) is 5.47. The number of hydrogen-bond acceptors (Lipinski definition) is 5. The van der Waals surface area contributed by atoms with E-state index < -0.39 is 5.97 Å². The maximum Gasteiger partial charge on any atom is 0.337 e. The molecule has 2 aliphatic rings. The number of carbonyl (C=O) groups is 2. The normalized spacial score (nSPS) is 18.8. The lowest BCUT2D eigenvalue weighted by Gasteiger charge is -2.13. The molecule has 2 aliphatic carbocycles. The van der Waals surface area contributed by atoms with E-state index in [4.69, 9.17) is 9.47 Å². The zero-order valence-electron chi connectivity index (χ0n) is 18.9. The summed E-state index contributed by atoms with van der Waals surface area (Å²) in [4.78, 5) is 23.1. The predicted octanol–water partition coefficient (Wildman–Crippen LogP) is 5.39. The fourth-order valence-corrected chi connectivity index (χ4v) is 4.66. The molecule has 0 spiro atoms. The number of aliphatic hydroxyl groups is 1. The van der Waals surface area contributed by atoms with Crippen LogP contribution in [-0.4, -0.2) is 30.3 Å². The van der Waals surface area contributed by atoms with Gasteiger partial charge in [-0.3, -0.25) is 4.79 Å². The highest BCUT2D eigenvalue weighted by molar-refractivity contribution is 5.90. The van der Waals surface area contributed by atoms with Crippen molar-refractivity contribution in [1.82, 2.24) is 0 Å². The molecule has 0 bridgehead atoms. The molecule has 170 valence electrons. The number of esters is 2. The Morgan fingerprint density at radius 2 is 1.50 bits per heavy atom.